The van der Waals surface area contributed by atoms with Crippen LogP contribution in [0.1, 0.15) is 10.5 Å². The Balaban J connectivity index is 2.98. The summed E-state index contributed by atoms with van der Waals surface area (Å²) >= 11 is 5.54. The van der Waals surface area contributed by atoms with E-state index in [1.165, 1.54) is 0 Å². The van der Waals surface area contributed by atoms with Crippen molar-refractivity contribution < 1.29 is 18.0 Å². The van der Waals surface area contributed by atoms with Crippen LogP contribution in [0.4, 0.5) is 13.2 Å². The number of carbonyl (C=O) groups excluding carboxylic acids is 1. The normalized spacial score (nSPS) is 12.2. The first-order valence-electron chi connectivity index (χ1n) is 4.71. The molecule has 0 N–H and O–H groups in total. The van der Waals surface area contributed by atoms with Gasteiger partial charge in [0, 0.05) is 6.54 Å². The van der Waals surface area contributed by atoms with Crippen molar-refractivity contribution in [2.75, 3.05) is 20.6 Å². The maximum absolute atomic E-state index is 12.3. The number of hydrogen-bond acceptors (Lipinski definition) is 3. The Morgan fingerprint density at radius 3 is 2.59 bits per heavy atom. The number of aromatic nitrogens is 2. The molecule has 0 aliphatic rings. The highest BCUT2D eigenvalue weighted by Gasteiger charge is 2.42. The van der Waals surface area contributed by atoms with Gasteiger partial charge in [0.1, 0.15) is 5.69 Å². The van der Waals surface area contributed by atoms with Gasteiger partial charge < -0.3 is 4.90 Å². The third-order valence-electron chi connectivity index (χ3n) is 2.03. The van der Waals surface area contributed by atoms with Crippen LogP contribution < -0.4 is 0 Å². The average molecular weight is 270 g/mol. The molecule has 0 saturated heterocycles. The minimum Gasteiger partial charge on any atom is -0.308 e. The molecule has 1 aromatic heterocycles. The van der Waals surface area contributed by atoms with Crippen LogP contribution in [0.3, 0.4) is 0 Å². The maximum Gasteiger partial charge on any atom is 0.456 e. The fourth-order valence-corrected chi connectivity index (χ4v) is 1.41. The second kappa shape index (κ2) is 5.05. The van der Waals surface area contributed by atoms with Gasteiger partial charge in [-0.2, -0.15) is 18.3 Å². The van der Waals surface area contributed by atoms with Gasteiger partial charge in [0.2, 0.25) is 0 Å². The Morgan fingerprint density at radius 2 is 2.12 bits per heavy atom. The Labute approximate surface area is 101 Å². The number of rotatable bonds is 4. The minimum absolute atomic E-state index is 0.164. The summed E-state index contributed by atoms with van der Waals surface area (Å²) in [7, 11) is 3.52. The van der Waals surface area contributed by atoms with Crippen molar-refractivity contribution >= 4 is 17.4 Å². The van der Waals surface area contributed by atoms with Crippen molar-refractivity contribution in [3.05, 3.63) is 16.9 Å². The van der Waals surface area contributed by atoms with Crippen molar-refractivity contribution in [3.8, 4) is 0 Å². The molecule has 17 heavy (non-hydrogen) atoms. The van der Waals surface area contributed by atoms with E-state index in [1.54, 1.807) is 19.0 Å². The van der Waals surface area contributed by atoms with Gasteiger partial charge in [0.25, 0.3) is 5.78 Å². The fourth-order valence-electron chi connectivity index (χ4n) is 1.19. The molecular weight excluding hydrogens is 259 g/mol. The van der Waals surface area contributed by atoms with Crippen molar-refractivity contribution in [1.82, 2.24) is 14.7 Å². The number of nitrogens with zero attached hydrogens (tertiary/aromatic N) is 3. The zero-order valence-electron chi connectivity index (χ0n) is 9.25. The van der Waals surface area contributed by atoms with Crippen LogP contribution in [0.25, 0.3) is 0 Å². The van der Waals surface area contributed by atoms with Gasteiger partial charge in [0.15, 0.2) is 0 Å². The summed E-state index contributed by atoms with van der Waals surface area (Å²) in [6.07, 6.45) is -3.91. The van der Waals surface area contributed by atoms with E-state index >= 15 is 0 Å². The average Bonchev–Trinajstić information content (AvgIpc) is 2.54. The molecule has 8 heteroatoms. The van der Waals surface area contributed by atoms with E-state index < -0.39 is 17.7 Å². The summed E-state index contributed by atoms with van der Waals surface area (Å²) in [5, 5.41) is 3.37. The van der Waals surface area contributed by atoms with Gasteiger partial charge in [0.05, 0.1) is 17.8 Å². The Hall–Kier alpha value is -1.08. The van der Waals surface area contributed by atoms with Gasteiger partial charge in [-0.25, -0.2) is 0 Å². The Kier molecular flexibility index (Phi) is 4.16. The van der Waals surface area contributed by atoms with Gasteiger partial charge in [-0.1, -0.05) is 11.6 Å². The second-order valence-corrected chi connectivity index (χ2v) is 4.10. The summed E-state index contributed by atoms with van der Waals surface area (Å²) in [5.74, 6) is -1.97. The third kappa shape index (κ3) is 3.44. The SMILES string of the molecule is CN(C)CCn1ncc(Cl)c1C(=O)C(F)(F)F. The predicted molar refractivity (Wildman–Crippen MR) is 56.2 cm³/mol. The highest BCUT2D eigenvalue weighted by atomic mass is 35.5. The quantitative estimate of drug-likeness (QED) is 0.783. The molecule has 1 aromatic rings. The standard InChI is InChI=1S/C9H11ClF3N3O/c1-15(2)3-4-16-7(6(10)5-14-16)8(17)9(11,12)13/h5H,3-4H2,1-2H3. The first-order chi connectivity index (χ1) is 7.73. The number of carbonyl (C=O) groups is 1. The summed E-state index contributed by atoms with van der Waals surface area (Å²) in [6.45, 7) is 0.618. The highest BCUT2D eigenvalue weighted by Crippen LogP contribution is 2.25. The number of halogens is 4. The van der Waals surface area contributed by atoms with Gasteiger partial charge in [-0.3, -0.25) is 9.48 Å². The molecule has 0 radical (unpaired) electrons. The molecular formula is C9H11ClF3N3O. The Bertz CT molecular complexity index is 414. The van der Waals surface area contributed by atoms with E-state index in [-0.39, 0.29) is 11.6 Å². The smallest absolute Gasteiger partial charge is 0.308 e. The number of likely N-dealkylation sites (N-methyl/N-ethyl adjacent to an activating group) is 1. The van der Waals surface area contributed by atoms with Crippen LogP contribution in [0, 0.1) is 0 Å². The molecule has 0 unspecified atom stereocenters. The molecule has 4 nitrogen and oxygen atoms in total. The maximum atomic E-state index is 12.3. The second-order valence-electron chi connectivity index (χ2n) is 3.69. The lowest BCUT2D eigenvalue weighted by Crippen LogP contribution is -2.28. The van der Waals surface area contributed by atoms with E-state index in [4.69, 9.17) is 11.6 Å². The van der Waals surface area contributed by atoms with Crippen LogP contribution >= 0.6 is 11.6 Å². The predicted octanol–water partition coefficient (Wildman–Crippen LogP) is 1.84. The fraction of sp³-hybridized carbons (Fsp3) is 0.556. The van der Waals surface area contributed by atoms with Crippen LogP contribution in [0.5, 0.6) is 0 Å². The molecule has 0 atom stereocenters. The summed E-state index contributed by atoms with van der Waals surface area (Å²) in [4.78, 5) is 12.9. The van der Waals surface area contributed by atoms with E-state index in [2.05, 4.69) is 5.10 Å². The third-order valence-corrected chi connectivity index (χ3v) is 2.30. The zero-order chi connectivity index (χ0) is 13.2. The molecule has 0 bridgehead atoms. The molecule has 0 aliphatic heterocycles. The molecule has 0 saturated carbocycles. The van der Waals surface area contributed by atoms with E-state index in [9.17, 15) is 18.0 Å². The lowest BCUT2D eigenvalue weighted by molar-refractivity contribution is -0.0891. The van der Waals surface area contributed by atoms with Crippen molar-refractivity contribution in [1.29, 1.82) is 0 Å². The largest absolute Gasteiger partial charge is 0.456 e. The van der Waals surface area contributed by atoms with E-state index in [0.29, 0.717) is 6.54 Å². The van der Waals surface area contributed by atoms with E-state index in [1.807, 2.05) is 0 Å². The van der Waals surface area contributed by atoms with Crippen LogP contribution in [0.2, 0.25) is 5.02 Å². The van der Waals surface area contributed by atoms with Crippen LogP contribution in [0.15, 0.2) is 6.20 Å². The first-order valence-corrected chi connectivity index (χ1v) is 5.09. The van der Waals surface area contributed by atoms with Crippen molar-refractivity contribution in [2.24, 2.45) is 0 Å². The van der Waals surface area contributed by atoms with Crippen LogP contribution in [-0.2, 0) is 6.54 Å². The lowest BCUT2D eigenvalue weighted by atomic mass is 10.2. The summed E-state index contributed by atoms with van der Waals surface area (Å²) in [6, 6.07) is 0. The monoisotopic (exact) mass is 269 g/mol. The number of ketones is 1. The number of Topliss-reactive ketones (excluding diaryl/α,β-unsaturated/α-hetero) is 1. The highest BCUT2D eigenvalue weighted by molar-refractivity contribution is 6.33. The molecule has 0 aliphatic carbocycles. The summed E-state index contributed by atoms with van der Waals surface area (Å²) < 4.78 is 37.9. The first kappa shape index (κ1) is 14.0. The topological polar surface area (TPSA) is 38.1 Å². The molecule has 0 fully saturated rings. The molecule has 0 spiro atoms. The van der Waals surface area contributed by atoms with Crippen molar-refractivity contribution in [3.63, 3.8) is 0 Å². The van der Waals surface area contributed by atoms with E-state index in [0.717, 1.165) is 10.9 Å². The minimum atomic E-state index is -4.94. The van der Waals surface area contributed by atoms with Crippen LogP contribution in [-0.4, -0.2) is 47.3 Å². The van der Waals surface area contributed by atoms with Gasteiger partial charge >= 0.3 is 6.18 Å². The molecule has 0 amide bonds. The number of alkyl halides is 3. The zero-order valence-corrected chi connectivity index (χ0v) is 10.0. The molecule has 96 valence electrons. The lowest BCUT2D eigenvalue weighted by Gasteiger charge is -2.12. The Morgan fingerprint density at radius 1 is 1.53 bits per heavy atom. The van der Waals surface area contributed by atoms with Gasteiger partial charge in [-0.15, -0.1) is 0 Å². The molecule has 1 rings (SSSR count). The number of hydrogen-bond donors (Lipinski definition) is 0. The van der Waals surface area contributed by atoms with Gasteiger partial charge in [-0.05, 0) is 14.1 Å². The molecule has 0 aromatic carbocycles. The molecule has 1 heterocycles. The van der Waals surface area contributed by atoms with Crippen molar-refractivity contribution in [2.45, 2.75) is 12.7 Å². The summed E-state index contributed by atoms with van der Waals surface area (Å²) in [5.41, 5.74) is -0.610.